The molecular formula is C13H23N3S. The quantitative estimate of drug-likeness (QED) is 0.890. The topological polar surface area (TPSA) is 32.5 Å². The van der Waals surface area contributed by atoms with Gasteiger partial charge in [0.05, 0.1) is 6.04 Å². The van der Waals surface area contributed by atoms with E-state index in [1.165, 1.54) is 9.75 Å². The minimum absolute atomic E-state index is 0.191. The lowest BCUT2D eigenvalue weighted by Gasteiger charge is -2.39. The fourth-order valence-electron chi connectivity index (χ4n) is 2.48. The summed E-state index contributed by atoms with van der Waals surface area (Å²) in [7, 11) is 2.19. The molecule has 3 nitrogen and oxygen atoms in total. The third kappa shape index (κ3) is 3.07. The van der Waals surface area contributed by atoms with Crippen molar-refractivity contribution in [2.45, 2.75) is 25.9 Å². The molecule has 2 N–H and O–H groups in total. The summed E-state index contributed by atoms with van der Waals surface area (Å²) in [4.78, 5) is 7.71. The van der Waals surface area contributed by atoms with Gasteiger partial charge in [-0.2, -0.15) is 0 Å². The first kappa shape index (κ1) is 13.0. The lowest BCUT2D eigenvalue weighted by molar-refractivity contribution is 0.102. The van der Waals surface area contributed by atoms with Crippen LogP contribution in [0.4, 0.5) is 0 Å². The van der Waals surface area contributed by atoms with Gasteiger partial charge in [-0.25, -0.2) is 0 Å². The Bertz CT molecular complexity index is 353. The third-order valence-corrected chi connectivity index (χ3v) is 4.55. The summed E-state index contributed by atoms with van der Waals surface area (Å²) < 4.78 is 0. The minimum Gasteiger partial charge on any atom is -0.326 e. The molecule has 96 valence electrons. The van der Waals surface area contributed by atoms with Crippen molar-refractivity contribution in [3.63, 3.8) is 0 Å². The van der Waals surface area contributed by atoms with Gasteiger partial charge in [-0.3, -0.25) is 4.90 Å². The van der Waals surface area contributed by atoms with E-state index in [9.17, 15) is 0 Å². The SMILES string of the molecule is Cc1ccc(C(C(C)N)N2CCN(C)CC2)s1. The van der Waals surface area contributed by atoms with Gasteiger partial charge in [0.2, 0.25) is 0 Å². The summed E-state index contributed by atoms with van der Waals surface area (Å²) in [5, 5.41) is 0. The smallest absolute Gasteiger partial charge is 0.0591 e. The minimum atomic E-state index is 0.191. The van der Waals surface area contributed by atoms with Crippen LogP contribution in [0.2, 0.25) is 0 Å². The second kappa shape index (κ2) is 5.48. The summed E-state index contributed by atoms with van der Waals surface area (Å²) in [6.45, 7) is 8.83. The summed E-state index contributed by atoms with van der Waals surface area (Å²) in [6.07, 6.45) is 0. The van der Waals surface area contributed by atoms with Crippen molar-refractivity contribution in [2.24, 2.45) is 5.73 Å². The Morgan fingerprint density at radius 1 is 1.24 bits per heavy atom. The molecule has 1 aliphatic heterocycles. The van der Waals surface area contributed by atoms with Crippen LogP contribution in [-0.2, 0) is 0 Å². The van der Waals surface area contributed by atoms with Crippen molar-refractivity contribution in [3.8, 4) is 0 Å². The number of rotatable bonds is 3. The zero-order valence-electron chi connectivity index (χ0n) is 11.0. The molecule has 0 spiro atoms. The van der Waals surface area contributed by atoms with Crippen LogP contribution in [0.25, 0.3) is 0 Å². The molecule has 1 aliphatic rings. The molecule has 1 aromatic rings. The molecule has 0 radical (unpaired) electrons. The fourth-order valence-corrected chi connectivity index (χ4v) is 3.61. The Labute approximate surface area is 108 Å². The molecule has 17 heavy (non-hydrogen) atoms. The van der Waals surface area contributed by atoms with Gasteiger partial charge in [0.15, 0.2) is 0 Å². The Morgan fingerprint density at radius 2 is 1.88 bits per heavy atom. The molecule has 0 amide bonds. The number of piperazine rings is 1. The van der Waals surface area contributed by atoms with Crippen LogP contribution < -0.4 is 5.73 Å². The Hall–Kier alpha value is -0.420. The zero-order valence-corrected chi connectivity index (χ0v) is 11.8. The first-order chi connectivity index (χ1) is 8.08. The van der Waals surface area contributed by atoms with Crippen molar-refractivity contribution in [1.29, 1.82) is 0 Å². The number of hydrogen-bond donors (Lipinski definition) is 1. The van der Waals surface area contributed by atoms with Gasteiger partial charge >= 0.3 is 0 Å². The Morgan fingerprint density at radius 3 is 2.35 bits per heavy atom. The molecule has 0 bridgehead atoms. The molecule has 0 saturated carbocycles. The molecule has 2 atom stereocenters. The molecule has 1 saturated heterocycles. The number of thiophene rings is 1. The van der Waals surface area contributed by atoms with E-state index in [4.69, 9.17) is 5.73 Å². The number of aryl methyl sites for hydroxylation is 1. The molecular weight excluding hydrogens is 230 g/mol. The molecule has 0 aliphatic carbocycles. The average Bonchev–Trinajstić information content (AvgIpc) is 2.68. The van der Waals surface area contributed by atoms with Gasteiger partial charge < -0.3 is 10.6 Å². The highest BCUT2D eigenvalue weighted by molar-refractivity contribution is 7.12. The molecule has 2 unspecified atom stereocenters. The van der Waals surface area contributed by atoms with Crippen LogP contribution in [0.1, 0.15) is 22.7 Å². The summed E-state index contributed by atoms with van der Waals surface area (Å²) >= 11 is 1.88. The van der Waals surface area contributed by atoms with Gasteiger partial charge in [-0.1, -0.05) is 0 Å². The second-order valence-electron chi connectivity index (χ2n) is 5.09. The van der Waals surface area contributed by atoms with Crippen LogP contribution in [0.3, 0.4) is 0 Å². The van der Waals surface area contributed by atoms with E-state index in [0.29, 0.717) is 6.04 Å². The average molecular weight is 253 g/mol. The van der Waals surface area contributed by atoms with E-state index in [1.54, 1.807) is 0 Å². The van der Waals surface area contributed by atoms with Crippen molar-refractivity contribution in [1.82, 2.24) is 9.80 Å². The monoisotopic (exact) mass is 253 g/mol. The molecule has 2 rings (SSSR count). The predicted octanol–water partition coefficient (Wildman–Crippen LogP) is 1.69. The first-order valence-corrected chi connectivity index (χ1v) is 7.14. The lowest BCUT2D eigenvalue weighted by Crippen LogP contribution is -2.49. The van der Waals surface area contributed by atoms with Gasteiger partial charge in [-0.15, -0.1) is 11.3 Å². The Kier molecular flexibility index (Phi) is 4.20. The van der Waals surface area contributed by atoms with E-state index >= 15 is 0 Å². The van der Waals surface area contributed by atoms with E-state index in [2.05, 4.69) is 42.8 Å². The van der Waals surface area contributed by atoms with Gasteiger partial charge in [0, 0.05) is 42.0 Å². The van der Waals surface area contributed by atoms with Crippen molar-refractivity contribution < 1.29 is 0 Å². The van der Waals surface area contributed by atoms with Crippen molar-refractivity contribution in [2.75, 3.05) is 33.2 Å². The van der Waals surface area contributed by atoms with Crippen LogP contribution in [0, 0.1) is 6.92 Å². The molecule has 2 heterocycles. The van der Waals surface area contributed by atoms with Gasteiger partial charge in [0.1, 0.15) is 0 Å². The predicted molar refractivity (Wildman–Crippen MR) is 74.5 cm³/mol. The summed E-state index contributed by atoms with van der Waals surface area (Å²) in [5.74, 6) is 0. The highest BCUT2D eigenvalue weighted by Crippen LogP contribution is 2.30. The van der Waals surface area contributed by atoms with Crippen LogP contribution in [0.5, 0.6) is 0 Å². The normalized spacial score (nSPS) is 22.6. The molecule has 4 heteroatoms. The van der Waals surface area contributed by atoms with Gasteiger partial charge in [0.25, 0.3) is 0 Å². The van der Waals surface area contributed by atoms with E-state index in [1.807, 2.05) is 11.3 Å². The summed E-state index contributed by atoms with van der Waals surface area (Å²) in [6, 6.07) is 5.02. The fraction of sp³-hybridized carbons (Fsp3) is 0.692. The highest BCUT2D eigenvalue weighted by Gasteiger charge is 2.27. The lowest BCUT2D eigenvalue weighted by atomic mass is 10.1. The highest BCUT2D eigenvalue weighted by atomic mass is 32.1. The maximum Gasteiger partial charge on any atom is 0.0591 e. The number of nitrogens with two attached hydrogens (primary N) is 1. The summed E-state index contributed by atoms with van der Waals surface area (Å²) in [5.41, 5.74) is 6.19. The number of hydrogen-bond acceptors (Lipinski definition) is 4. The maximum atomic E-state index is 6.19. The molecule has 1 aromatic heterocycles. The van der Waals surface area contributed by atoms with Crippen LogP contribution in [0.15, 0.2) is 12.1 Å². The van der Waals surface area contributed by atoms with Gasteiger partial charge in [-0.05, 0) is 33.0 Å². The zero-order chi connectivity index (χ0) is 12.4. The largest absolute Gasteiger partial charge is 0.326 e. The van der Waals surface area contributed by atoms with E-state index in [0.717, 1.165) is 26.2 Å². The molecule has 0 aromatic carbocycles. The van der Waals surface area contributed by atoms with Crippen molar-refractivity contribution in [3.05, 3.63) is 21.9 Å². The van der Waals surface area contributed by atoms with Crippen LogP contribution in [-0.4, -0.2) is 49.1 Å². The van der Waals surface area contributed by atoms with E-state index < -0.39 is 0 Å². The number of nitrogens with zero attached hydrogens (tertiary/aromatic N) is 2. The number of likely N-dealkylation sites (N-methyl/N-ethyl adjacent to an activating group) is 1. The standard InChI is InChI=1S/C13H23N3S/c1-10-4-5-12(17-10)13(11(2)14)16-8-6-15(3)7-9-16/h4-5,11,13H,6-9,14H2,1-3H3. The van der Waals surface area contributed by atoms with E-state index in [-0.39, 0.29) is 6.04 Å². The second-order valence-corrected chi connectivity index (χ2v) is 6.41. The molecule has 1 fully saturated rings. The Balaban J connectivity index is 2.12. The van der Waals surface area contributed by atoms with Crippen molar-refractivity contribution >= 4 is 11.3 Å². The first-order valence-electron chi connectivity index (χ1n) is 6.32. The third-order valence-electron chi connectivity index (χ3n) is 3.48. The van der Waals surface area contributed by atoms with Crippen LogP contribution >= 0.6 is 11.3 Å². The maximum absolute atomic E-state index is 6.19.